The van der Waals surface area contributed by atoms with Gasteiger partial charge in [0.2, 0.25) is 5.91 Å². The Balaban J connectivity index is 1.80. The standard InChI is InChI=1S/C17H22N4O3S2/c1-4-9(2)7-11-10(3)26-15-13(11)14(23)19-16(20-15)25-8-12(22)21-6-5-18-17(21)24/h9H,4-8H2,1-3H3,(H,18,24)(H,19,20,23). The molecule has 1 saturated heterocycles. The third kappa shape index (κ3) is 3.78. The van der Waals surface area contributed by atoms with Gasteiger partial charge in [-0.3, -0.25) is 14.5 Å². The number of imide groups is 1. The molecular formula is C17H22N4O3S2. The van der Waals surface area contributed by atoms with E-state index in [2.05, 4.69) is 29.1 Å². The smallest absolute Gasteiger partial charge is 0.324 e. The van der Waals surface area contributed by atoms with Crippen molar-refractivity contribution >= 4 is 45.3 Å². The Morgan fingerprint density at radius 3 is 2.85 bits per heavy atom. The van der Waals surface area contributed by atoms with Gasteiger partial charge in [0.05, 0.1) is 11.1 Å². The summed E-state index contributed by atoms with van der Waals surface area (Å²) >= 11 is 2.66. The highest BCUT2D eigenvalue weighted by Gasteiger charge is 2.26. The summed E-state index contributed by atoms with van der Waals surface area (Å²) in [4.78, 5) is 46.5. The average Bonchev–Trinajstić information content (AvgIpc) is 3.16. The van der Waals surface area contributed by atoms with Gasteiger partial charge in [-0.05, 0) is 24.8 Å². The first kappa shape index (κ1) is 18.9. The zero-order valence-corrected chi connectivity index (χ0v) is 16.7. The number of hydrogen-bond acceptors (Lipinski definition) is 6. The van der Waals surface area contributed by atoms with E-state index in [1.807, 2.05) is 6.92 Å². The molecule has 2 N–H and O–H groups in total. The number of nitrogens with zero attached hydrogens (tertiary/aromatic N) is 2. The fourth-order valence-electron chi connectivity index (χ4n) is 2.88. The molecule has 1 fully saturated rings. The van der Waals surface area contributed by atoms with E-state index < -0.39 is 0 Å². The second-order valence-electron chi connectivity index (χ2n) is 6.47. The summed E-state index contributed by atoms with van der Waals surface area (Å²) in [6, 6.07) is -0.365. The molecule has 3 heterocycles. The fourth-order valence-corrected chi connectivity index (χ4v) is 4.73. The maximum atomic E-state index is 12.6. The first-order valence-corrected chi connectivity index (χ1v) is 10.4. The molecule has 0 aliphatic carbocycles. The van der Waals surface area contributed by atoms with E-state index in [0.29, 0.717) is 34.4 Å². The van der Waals surface area contributed by atoms with Gasteiger partial charge in [0, 0.05) is 18.0 Å². The van der Waals surface area contributed by atoms with Crippen molar-refractivity contribution in [3.8, 4) is 0 Å². The highest BCUT2D eigenvalue weighted by atomic mass is 32.2. The summed E-state index contributed by atoms with van der Waals surface area (Å²) in [5.74, 6) is 0.281. The molecule has 0 saturated carbocycles. The van der Waals surface area contributed by atoms with Crippen molar-refractivity contribution in [3.05, 3.63) is 20.8 Å². The Morgan fingerprint density at radius 2 is 2.19 bits per heavy atom. The second-order valence-corrected chi connectivity index (χ2v) is 8.64. The van der Waals surface area contributed by atoms with Crippen molar-refractivity contribution in [1.82, 2.24) is 20.2 Å². The second kappa shape index (κ2) is 7.79. The number of nitrogens with one attached hydrogen (secondary N) is 2. The minimum Gasteiger partial charge on any atom is -0.336 e. The molecule has 7 nitrogen and oxygen atoms in total. The van der Waals surface area contributed by atoms with Crippen LogP contribution < -0.4 is 10.9 Å². The van der Waals surface area contributed by atoms with Gasteiger partial charge in [0.15, 0.2) is 5.16 Å². The Bertz CT molecular complexity index is 905. The van der Waals surface area contributed by atoms with E-state index in [0.717, 1.165) is 35.0 Å². The van der Waals surface area contributed by atoms with Crippen molar-refractivity contribution < 1.29 is 9.59 Å². The summed E-state index contributed by atoms with van der Waals surface area (Å²) in [7, 11) is 0. The number of thioether (sulfide) groups is 1. The van der Waals surface area contributed by atoms with Gasteiger partial charge in [-0.2, -0.15) is 0 Å². The molecule has 140 valence electrons. The minimum atomic E-state index is -0.365. The van der Waals surface area contributed by atoms with E-state index in [4.69, 9.17) is 0 Å². The van der Waals surface area contributed by atoms with Crippen LogP contribution in [-0.2, 0) is 11.2 Å². The molecule has 2 aromatic heterocycles. The molecule has 1 aliphatic rings. The van der Waals surface area contributed by atoms with Gasteiger partial charge >= 0.3 is 6.03 Å². The van der Waals surface area contributed by atoms with E-state index >= 15 is 0 Å². The Kier molecular flexibility index (Phi) is 5.67. The number of carbonyl (C=O) groups excluding carboxylic acids is 2. The lowest BCUT2D eigenvalue weighted by molar-refractivity contribution is -0.124. The number of amides is 3. The number of hydrogen-bond donors (Lipinski definition) is 2. The van der Waals surface area contributed by atoms with Crippen molar-refractivity contribution in [2.75, 3.05) is 18.8 Å². The number of H-pyrrole nitrogens is 1. The third-order valence-corrected chi connectivity index (χ3v) is 6.48. The minimum absolute atomic E-state index is 0.0615. The van der Waals surface area contributed by atoms with Crippen molar-refractivity contribution in [3.63, 3.8) is 0 Å². The zero-order valence-electron chi connectivity index (χ0n) is 15.0. The molecule has 3 amide bonds. The van der Waals surface area contributed by atoms with Gasteiger partial charge in [-0.1, -0.05) is 32.0 Å². The number of aryl methyl sites for hydroxylation is 1. The van der Waals surface area contributed by atoms with Crippen LogP contribution in [0.1, 0.15) is 30.7 Å². The van der Waals surface area contributed by atoms with Gasteiger partial charge < -0.3 is 10.3 Å². The van der Waals surface area contributed by atoms with Crippen molar-refractivity contribution in [1.29, 1.82) is 0 Å². The number of aromatic amines is 1. The van der Waals surface area contributed by atoms with Crippen molar-refractivity contribution in [2.24, 2.45) is 5.92 Å². The zero-order chi connectivity index (χ0) is 18.8. The molecule has 26 heavy (non-hydrogen) atoms. The number of rotatable bonds is 6. The molecular weight excluding hydrogens is 372 g/mol. The normalized spacial score (nSPS) is 15.5. The first-order valence-electron chi connectivity index (χ1n) is 8.64. The SMILES string of the molecule is CCC(C)Cc1c(C)sc2nc(SCC(=O)N3CCNC3=O)[nH]c(=O)c12. The number of aromatic nitrogens is 2. The van der Waals surface area contributed by atoms with Crippen LogP contribution in [-0.4, -0.2) is 45.6 Å². The Hall–Kier alpha value is -1.87. The quantitative estimate of drug-likeness (QED) is 0.580. The lowest BCUT2D eigenvalue weighted by Crippen LogP contribution is -2.35. The summed E-state index contributed by atoms with van der Waals surface area (Å²) < 4.78 is 0. The van der Waals surface area contributed by atoms with Crippen LogP contribution in [0.2, 0.25) is 0 Å². The van der Waals surface area contributed by atoms with Crippen LogP contribution >= 0.6 is 23.1 Å². The maximum Gasteiger partial charge on any atom is 0.324 e. The highest BCUT2D eigenvalue weighted by Crippen LogP contribution is 2.30. The summed E-state index contributed by atoms with van der Waals surface area (Å²) in [6.45, 7) is 7.19. The van der Waals surface area contributed by atoms with E-state index in [1.165, 1.54) is 16.2 Å². The molecule has 3 rings (SSSR count). The maximum absolute atomic E-state index is 12.6. The number of fused-ring (bicyclic) bond motifs is 1. The molecule has 1 unspecified atom stereocenters. The summed E-state index contributed by atoms with van der Waals surface area (Å²) in [5.41, 5.74) is 0.918. The fraction of sp³-hybridized carbons (Fsp3) is 0.529. The molecule has 0 spiro atoms. The van der Waals surface area contributed by atoms with Crippen LogP contribution in [0.15, 0.2) is 9.95 Å². The molecule has 0 bridgehead atoms. The molecule has 9 heteroatoms. The molecule has 0 aromatic carbocycles. The first-order chi connectivity index (χ1) is 12.4. The largest absolute Gasteiger partial charge is 0.336 e. The average molecular weight is 395 g/mol. The number of thiophene rings is 1. The molecule has 2 aromatic rings. The Morgan fingerprint density at radius 1 is 1.42 bits per heavy atom. The van der Waals surface area contributed by atoms with Crippen LogP contribution in [0.5, 0.6) is 0 Å². The van der Waals surface area contributed by atoms with E-state index in [1.54, 1.807) is 0 Å². The highest BCUT2D eigenvalue weighted by molar-refractivity contribution is 7.99. The van der Waals surface area contributed by atoms with Crippen LogP contribution in [0.25, 0.3) is 10.2 Å². The molecule has 0 radical (unpaired) electrons. The summed E-state index contributed by atoms with van der Waals surface area (Å²) in [5, 5.41) is 3.67. The topological polar surface area (TPSA) is 95.2 Å². The lowest BCUT2D eigenvalue weighted by Gasteiger charge is -2.11. The van der Waals surface area contributed by atoms with Gasteiger partial charge in [-0.25, -0.2) is 9.78 Å². The van der Waals surface area contributed by atoms with Gasteiger partial charge in [-0.15, -0.1) is 11.3 Å². The number of carbonyl (C=O) groups is 2. The van der Waals surface area contributed by atoms with Crippen LogP contribution in [0.4, 0.5) is 4.79 Å². The van der Waals surface area contributed by atoms with E-state index in [-0.39, 0.29) is 23.3 Å². The number of urea groups is 1. The summed E-state index contributed by atoms with van der Waals surface area (Å²) in [6.07, 6.45) is 1.92. The van der Waals surface area contributed by atoms with E-state index in [9.17, 15) is 14.4 Å². The monoisotopic (exact) mass is 394 g/mol. The molecule has 1 aliphatic heterocycles. The van der Waals surface area contributed by atoms with Gasteiger partial charge in [0.25, 0.3) is 5.56 Å². The van der Waals surface area contributed by atoms with Crippen LogP contribution in [0.3, 0.4) is 0 Å². The van der Waals surface area contributed by atoms with Crippen molar-refractivity contribution in [2.45, 2.75) is 38.8 Å². The predicted octanol–water partition coefficient (Wildman–Crippen LogP) is 2.53. The van der Waals surface area contributed by atoms with Crippen LogP contribution in [0, 0.1) is 12.8 Å². The predicted molar refractivity (Wildman–Crippen MR) is 104 cm³/mol. The molecule has 1 atom stereocenters. The lowest BCUT2D eigenvalue weighted by atomic mass is 9.98. The van der Waals surface area contributed by atoms with Gasteiger partial charge in [0.1, 0.15) is 4.83 Å². The Labute approximate surface area is 159 Å². The third-order valence-electron chi connectivity index (χ3n) is 4.58.